The van der Waals surface area contributed by atoms with E-state index in [1.54, 1.807) is 6.92 Å². The van der Waals surface area contributed by atoms with Gasteiger partial charge in [-0.3, -0.25) is 19.3 Å². The summed E-state index contributed by atoms with van der Waals surface area (Å²) in [7, 11) is -5.45. The van der Waals surface area contributed by atoms with Crippen LogP contribution in [0.4, 0.5) is 4.79 Å². The lowest BCUT2D eigenvalue weighted by Crippen LogP contribution is -2.61. The second-order valence-electron chi connectivity index (χ2n) is 9.28. The summed E-state index contributed by atoms with van der Waals surface area (Å²) in [4.78, 5) is 53.3. The fourth-order valence-electron chi connectivity index (χ4n) is 4.53. The number of aryl methyl sites for hydroxylation is 1. The molecule has 0 aromatic heterocycles. The Bertz CT molecular complexity index is 1200. The monoisotopic (exact) mass is 571 g/mol. The van der Waals surface area contributed by atoms with Gasteiger partial charge in [0.25, 0.3) is 10.2 Å². The lowest BCUT2D eigenvalue weighted by atomic mass is 9.64. The number of hydrogen-bond donors (Lipinski definition) is 4. The molecule has 5 N–H and O–H groups in total. The van der Waals surface area contributed by atoms with Gasteiger partial charge in [0.05, 0.1) is 6.04 Å². The molecule has 1 aromatic rings. The van der Waals surface area contributed by atoms with E-state index in [9.17, 15) is 32.6 Å². The lowest BCUT2D eigenvalue weighted by molar-refractivity contribution is -0.153. The number of nitrogens with two attached hydrogens (primary N) is 1. The molecule has 3 rings (SSSR count). The predicted octanol–water partition coefficient (Wildman–Crippen LogP) is -0.843. The third kappa shape index (κ3) is 7.02. The van der Waals surface area contributed by atoms with Crippen LogP contribution in [0.3, 0.4) is 0 Å². The number of amides is 4. The highest BCUT2D eigenvalue weighted by Gasteiger charge is 2.41. The van der Waals surface area contributed by atoms with Crippen molar-refractivity contribution in [2.45, 2.75) is 38.5 Å². The second-order valence-corrected chi connectivity index (χ2v) is 11.0. The van der Waals surface area contributed by atoms with Crippen molar-refractivity contribution >= 4 is 52.6 Å². The number of nitrogens with zero attached hydrogens (tertiary/aromatic N) is 2. The minimum absolute atomic E-state index is 0.0859. The van der Waals surface area contributed by atoms with Gasteiger partial charge in [-0.05, 0) is 31.4 Å². The molecule has 2 aliphatic heterocycles. The molecule has 0 radical (unpaired) electrons. The van der Waals surface area contributed by atoms with Gasteiger partial charge in [0.2, 0.25) is 0 Å². The second kappa shape index (κ2) is 12.4. The van der Waals surface area contributed by atoms with Gasteiger partial charge in [0.15, 0.2) is 5.78 Å². The van der Waals surface area contributed by atoms with E-state index in [1.807, 2.05) is 25.1 Å². The SMILES string of the molecule is CCN1CCN(C(=O)NC(C(=O)C[C@H]2Cc3cccc(C)c3OB2O)C(CCl)CNS(N)(=O)=O)C(=O)C1=O. The molecular formula is C22H31BClN5O8S. The number of halogens is 1. The standard InChI is InChI=1S/C22H31BClN5O8S/c1-3-28-7-8-29(21(32)20(28)31)22(33)27-18(15(11-24)12-26-38(25,35)36)17(30)10-16-9-14-6-4-5-13(2)19(14)37-23(16)34/h4-6,15-16,18,26,34H,3,7-12H2,1-2H3,(H,27,33)(H2,25,35,36)/t15?,16-,18?/m1/s1. The normalized spacial score (nSPS) is 19.5. The van der Waals surface area contributed by atoms with Crippen molar-refractivity contribution in [3.05, 3.63) is 29.3 Å². The van der Waals surface area contributed by atoms with Crippen LogP contribution in [0.25, 0.3) is 0 Å². The predicted molar refractivity (Wildman–Crippen MR) is 138 cm³/mol. The van der Waals surface area contributed by atoms with E-state index < -0.39 is 58.7 Å². The highest BCUT2D eigenvalue weighted by Crippen LogP contribution is 2.36. The van der Waals surface area contributed by atoms with Gasteiger partial charge in [0, 0.05) is 50.2 Å². The summed E-state index contributed by atoms with van der Waals surface area (Å²) in [6, 6.07) is 3.12. The van der Waals surface area contributed by atoms with Gasteiger partial charge in [-0.2, -0.15) is 8.42 Å². The first-order valence-corrected chi connectivity index (χ1v) is 14.1. The Balaban J connectivity index is 1.81. The van der Waals surface area contributed by atoms with E-state index in [-0.39, 0.29) is 31.9 Å². The molecule has 38 heavy (non-hydrogen) atoms. The molecule has 0 aliphatic carbocycles. The van der Waals surface area contributed by atoms with Gasteiger partial charge in [-0.1, -0.05) is 18.2 Å². The molecule has 0 bridgehead atoms. The first-order valence-electron chi connectivity index (χ1n) is 12.1. The molecule has 3 atom stereocenters. The Morgan fingerprint density at radius 1 is 1.29 bits per heavy atom. The van der Waals surface area contributed by atoms with Crippen LogP contribution >= 0.6 is 11.6 Å². The number of rotatable bonds is 10. The molecule has 1 saturated heterocycles. The van der Waals surface area contributed by atoms with Crippen molar-refractivity contribution in [3.8, 4) is 5.75 Å². The number of urea groups is 1. The Morgan fingerprint density at radius 3 is 2.63 bits per heavy atom. The zero-order chi connectivity index (χ0) is 28.2. The van der Waals surface area contributed by atoms with Gasteiger partial charge in [0.1, 0.15) is 5.75 Å². The number of alkyl halides is 1. The molecule has 0 saturated carbocycles. The summed E-state index contributed by atoms with van der Waals surface area (Å²) < 4.78 is 30.6. The number of fused-ring (bicyclic) bond motifs is 1. The Hall–Kier alpha value is -2.72. The number of hydrogen-bond acceptors (Lipinski definition) is 8. The number of nitrogens with one attached hydrogen (secondary N) is 2. The first kappa shape index (κ1) is 29.8. The zero-order valence-electron chi connectivity index (χ0n) is 21.1. The summed E-state index contributed by atoms with van der Waals surface area (Å²) in [5.74, 6) is -3.83. The summed E-state index contributed by atoms with van der Waals surface area (Å²) in [6.07, 6.45) is 0.0657. The average molecular weight is 572 g/mol. The van der Waals surface area contributed by atoms with Crippen LogP contribution in [0.15, 0.2) is 18.2 Å². The van der Waals surface area contributed by atoms with Crippen LogP contribution in [0.2, 0.25) is 5.82 Å². The number of benzene rings is 1. The molecule has 16 heteroatoms. The van der Waals surface area contributed by atoms with Crippen molar-refractivity contribution in [3.63, 3.8) is 0 Å². The lowest BCUT2D eigenvalue weighted by Gasteiger charge is -2.34. The molecule has 13 nitrogen and oxygen atoms in total. The van der Waals surface area contributed by atoms with Gasteiger partial charge >= 0.3 is 25.0 Å². The molecule has 2 aliphatic rings. The van der Waals surface area contributed by atoms with Crippen molar-refractivity contribution in [2.75, 3.05) is 32.1 Å². The number of imide groups is 1. The quantitative estimate of drug-likeness (QED) is 0.159. The van der Waals surface area contributed by atoms with Crippen LogP contribution in [0.1, 0.15) is 24.5 Å². The molecular weight excluding hydrogens is 541 g/mol. The van der Waals surface area contributed by atoms with E-state index in [0.29, 0.717) is 23.6 Å². The van der Waals surface area contributed by atoms with Gasteiger partial charge in [-0.15, -0.1) is 11.6 Å². The fourth-order valence-corrected chi connectivity index (χ4v) is 5.26. The largest absolute Gasteiger partial charge is 0.536 e. The Kier molecular flexibility index (Phi) is 9.76. The zero-order valence-corrected chi connectivity index (χ0v) is 22.6. The smallest absolute Gasteiger partial charge is 0.526 e. The molecule has 2 unspecified atom stereocenters. The van der Waals surface area contributed by atoms with Crippen LogP contribution in [0.5, 0.6) is 5.75 Å². The minimum atomic E-state index is -4.14. The Labute approximate surface area is 226 Å². The fraction of sp³-hybridized carbons (Fsp3) is 0.545. The van der Waals surface area contributed by atoms with Crippen LogP contribution in [0, 0.1) is 12.8 Å². The highest BCUT2D eigenvalue weighted by molar-refractivity contribution is 7.87. The summed E-state index contributed by atoms with van der Waals surface area (Å²) in [5.41, 5.74) is 1.63. The number of Topliss-reactive ketones (excluding diaryl/α,β-unsaturated/α-hetero) is 1. The first-order chi connectivity index (χ1) is 17.9. The molecule has 208 valence electrons. The minimum Gasteiger partial charge on any atom is -0.536 e. The maximum absolute atomic E-state index is 13.5. The van der Waals surface area contributed by atoms with Crippen LogP contribution in [-0.2, 0) is 31.0 Å². The number of carbonyl (C=O) groups excluding carboxylic acids is 4. The number of carbonyl (C=O) groups is 4. The van der Waals surface area contributed by atoms with E-state index in [1.165, 1.54) is 4.90 Å². The molecule has 0 spiro atoms. The van der Waals surface area contributed by atoms with Crippen LogP contribution < -0.4 is 19.8 Å². The summed E-state index contributed by atoms with van der Waals surface area (Å²) in [5, 5.41) is 18.1. The molecule has 4 amide bonds. The van der Waals surface area contributed by atoms with Gasteiger partial charge < -0.3 is 19.9 Å². The van der Waals surface area contributed by atoms with Crippen molar-refractivity contribution in [2.24, 2.45) is 11.1 Å². The number of likely N-dealkylation sites (N-methyl/N-ethyl adjacent to an activating group) is 1. The van der Waals surface area contributed by atoms with E-state index in [0.717, 1.165) is 11.1 Å². The molecule has 2 heterocycles. The van der Waals surface area contributed by atoms with E-state index in [2.05, 4.69) is 10.0 Å². The number of para-hydroxylation sites is 1. The topological polar surface area (TPSA) is 188 Å². The van der Waals surface area contributed by atoms with Crippen molar-refractivity contribution < 1.29 is 37.3 Å². The third-order valence-electron chi connectivity index (χ3n) is 6.66. The number of piperazine rings is 1. The molecule has 1 aromatic carbocycles. The van der Waals surface area contributed by atoms with Crippen LogP contribution in [-0.4, -0.2) is 92.1 Å². The molecule has 1 fully saturated rings. The third-order valence-corrected chi connectivity index (χ3v) is 7.62. The highest BCUT2D eigenvalue weighted by atomic mass is 35.5. The summed E-state index contributed by atoms with van der Waals surface area (Å²) >= 11 is 6.06. The van der Waals surface area contributed by atoms with E-state index >= 15 is 0 Å². The Morgan fingerprint density at radius 2 is 2.00 bits per heavy atom. The number of ketones is 1. The van der Waals surface area contributed by atoms with Crippen molar-refractivity contribution in [1.29, 1.82) is 0 Å². The maximum Gasteiger partial charge on any atom is 0.526 e. The average Bonchev–Trinajstić information content (AvgIpc) is 2.85. The van der Waals surface area contributed by atoms with E-state index in [4.69, 9.17) is 21.4 Å². The van der Waals surface area contributed by atoms with Crippen molar-refractivity contribution in [1.82, 2.24) is 19.8 Å². The maximum atomic E-state index is 13.5. The summed E-state index contributed by atoms with van der Waals surface area (Å²) in [6.45, 7) is 3.48. The van der Waals surface area contributed by atoms with Gasteiger partial charge in [-0.25, -0.2) is 14.7 Å².